The van der Waals surface area contributed by atoms with Gasteiger partial charge < -0.3 is 11.1 Å². The fourth-order valence-electron chi connectivity index (χ4n) is 2.61. The number of hydrogen-bond donors (Lipinski definition) is 2. The van der Waals surface area contributed by atoms with Gasteiger partial charge >= 0.3 is 0 Å². The standard InChI is InChI=1S/C15H22N2O/c1-11-6-7-13(12(2)10-11)17-14(18)15(16)8-4-3-5-9-15/h6-7,10H,3-5,8-9,16H2,1-2H3,(H,17,18). The first kappa shape index (κ1) is 13.1. The maximum atomic E-state index is 12.3. The lowest BCUT2D eigenvalue weighted by molar-refractivity contribution is -0.122. The second kappa shape index (κ2) is 5.11. The van der Waals surface area contributed by atoms with E-state index in [-0.39, 0.29) is 5.91 Å². The van der Waals surface area contributed by atoms with E-state index in [1.165, 1.54) is 12.0 Å². The predicted molar refractivity (Wildman–Crippen MR) is 74.5 cm³/mol. The molecule has 1 aromatic carbocycles. The molecule has 0 unspecified atom stereocenters. The summed E-state index contributed by atoms with van der Waals surface area (Å²) in [5, 5.41) is 2.98. The molecule has 1 amide bonds. The largest absolute Gasteiger partial charge is 0.324 e. The minimum atomic E-state index is -0.671. The molecule has 0 aromatic heterocycles. The average Bonchev–Trinajstić information content (AvgIpc) is 2.33. The highest BCUT2D eigenvalue weighted by Gasteiger charge is 2.35. The molecule has 0 aliphatic heterocycles. The van der Waals surface area contributed by atoms with Crippen LogP contribution in [0.4, 0.5) is 5.69 Å². The Bertz CT molecular complexity index is 448. The molecule has 0 atom stereocenters. The Labute approximate surface area is 109 Å². The molecule has 3 heteroatoms. The van der Waals surface area contributed by atoms with Gasteiger partial charge in [-0.25, -0.2) is 0 Å². The molecular formula is C15H22N2O. The lowest BCUT2D eigenvalue weighted by atomic mass is 9.82. The van der Waals surface area contributed by atoms with E-state index in [0.717, 1.165) is 36.9 Å². The van der Waals surface area contributed by atoms with Crippen molar-refractivity contribution in [2.45, 2.75) is 51.5 Å². The molecule has 98 valence electrons. The molecule has 0 spiro atoms. The van der Waals surface area contributed by atoms with Crippen LogP contribution in [0.1, 0.15) is 43.2 Å². The van der Waals surface area contributed by atoms with Crippen molar-refractivity contribution in [3.63, 3.8) is 0 Å². The van der Waals surface area contributed by atoms with Crippen LogP contribution in [-0.4, -0.2) is 11.4 Å². The maximum Gasteiger partial charge on any atom is 0.244 e. The molecule has 1 saturated carbocycles. The van der Waals surface area contributed by atoms with Gasteiger partial charge in [0, 0.05) is 5.69 Å². The molecular weight excluding hydrogens is 224 g/mol. The van der Waals surface area contributed by atoms with Gasteiger partial charge in [0.15, 0.2) is 0 Å². The number of aryl methyl sites for hydroxylation is 2. The molecule has 1 fully saturated rings. The molecule has 0 saturated heterocycles. The number of amides is 1. The first-order chi connectivity index (χ1) is 8.51. The fraction of sp³-hybridized carbons (Fsp3) is 0.533. The number of nitrogens with one attached hydrogen (secondary N) is 1. The normalized spacial score (nSPS) is 18.4. The average molecular weight is 246 g/mol. The van der Waals surface area contributed by atoms with Crippen molar-refractivity contribution in [1.82, 2.24) is 0 Å². The van der Waals surface area contributed by atoms with Gasteiger partial charge in [0.1, 0.15) is 0 Å². The van der Waals surface area contributed by atoms with Gasteiger partial charge in [-0.2, -0.15) is 0 Å². The van der Waals surface area contributed by atoms with Crippen LogP contribution >= 0.6 is 0 Å². The molecule has 0 heterocycles. The number of nitrogens with two attached hydrogens (primary N) is 1. The number of carbonyl (C=O) groups is 1. The predicted octanol–water partition coefficient (Wildman–Crippen LogP) is 2.90. The van der Waals surface area contributed by atoms with Gasteiger partial charge in [0.05, 0.1) is 5.54 Å². The minimum absolute atomic E-state index is 0.0332. The number of benzene rings is 1. The van der Waals surface area contributed by atoms with Crippen LogP contribution in [0.5, 0.6) is 0 Å². The van der Waals surface area contributed by atoms with E-state index in [1.54, 1.807) is 0 Å². The molecule has 1 aliphatic carbocycles. The topological polar surface area (TPSA) is 55.1 Å². The van der Waals surface area contributed by atoms with Crippen molar-refractivity contribution in [2.24, 2.45) is 5.73 Å². The first-order valence-electron chi connectivity index (χ1n) is 6.69. The van der Waals surface area contributed by atoms with Crippen LogP contribution in [0.15, 0.2) is 18.2 Å². The summed E-state index contributed by atoms with van der Waals surface area (Å²) in [6, 6.07) is 6.03. The Morgan fingerprint density at radius 2 is 1.89 bits per heavy atom. The second-order valence-corrected chi connectivity index (χ2v) is 5.49. The number of anilines is 1. The highest BCUT2D eigenvalue weighted by molar-refractivity contribution is 5.98. The molecule has 3 nitrogen and oxygen atoms in total. The van der Waals surface area contributed by atoms with Crippen LogP contribution in [0.25, 0.3) is 0 Å². The quantitative estimate of drug-likeness (QED) is 0.843. The molecule has 1 aliphatic rings. The Balaban J connectivity index is 2.11. The maximum absolute atomic E-state index is 12.3. The summed E-state index contributed by atoms with van der Waals surface area (Å²) in [5.41, 5.74) is 8.71. The molecule has 1 aromatic rings. The number of rotatable bonds is 2. The van der Waals surface area contributed by atoms with E-state index < -0.39 is 5.54 Å². The zero-order valence-electron chi connectivity index (χ0n) is 11.3. The zero-order chi connectivity index (χ0) is 13.2. The van der Waals surface area contributed by atoms with Crippen LogP contribution in [0, 0.1) is 13.8 Å². The smallest absolute Gasteiger partial charge is 0.244 e. The van der Waals surface area contributed by atoms with E-state index in [2.05, 4.69) is 11.4 Å². The van der Waals surface area contributed by atoms with Gasteiger partial charge in [-0.15, -0.1) is 0 Å². The summed E-state index contributed by atoms with van der Waals surface area (Å²) >= 11 is 0. The Hall–Kier alpha value is -1.35. The molecule has 0 bridgehead atoms. The molecule has 2 rings (SSSR count). The van der Waals surface area contributed by atoms with E-state index in [0.29, 0.717) is 0 Å². The molecule has 0 radical (unpaired) electrons. The highest BCUT2D eigenvalue weighted by Crippen LogP contribution is 2.27. The number of hydrogen-bond acceptors (Lipinski definition) is 2. The zero-order valence-corrected chi connectivity index (χ0v) is 11.3. The third-order valence-electron chi connectivity index (χ3n) is 3.83. The Morgan fingerprint density at radius 3 is 2.50 bits per heavy atom. The van der Waals surface area contributed by atoms with E-state index >= 15 is 0 Å². The van der Waals surface area contributed by atoms with Gasteiger partial charge in [-0.1, -0.05) is 37.0 Å². The lowest BCUT2D eigenvalue weighted by Crippen LogP contribution is -2.52. The summed E-state index contributed by atoms with van der Waals surface area (Å²) in [6.45, 7) is 4.05. The second-order valence-electron chi connectivity index (χ2n) is 5.49. The monoisotopic (exact) mass is 246 g/mol. The van der Waals surface area contributed by atoms with E-state index in [1.807, 2.05) is 26.0 Å². The van der Waals surface area contributed by atoms with E-state index in [9.17, 15) is 4.79 Å². The summed E-state index contributed by atoms with van der Waals surface area (Å²) in [6.07, 6.45) is 4.89. The first-order valence-corrected chi connectivity index (χ1v) is 6.69. The third-order valence-corrected chi connectivity index (χ3v) is 3.83. The van der Waals surface area contributed by atoms with Gasteiger partial charge in [-0.05, 0) is 38.3 Å². The summed E-state index contributed by atoms with van der Waals surface area (Å²) in [5.74, 6) is -0.0332. The third kappa shape index (κ3) is 2.72. The van der Waals surface area contributed by atoms with Crippen molar-refractivity contribution in [1.29, 1.82) is 0 Å². The summed E-state index contributed by atoms with van der Waals surface area (Å²) in [7, 11) is 0. The van der Waals surface area contributed by atoms with Crippen LogP contribution in [-0.2, 0) is 4.79 Å². The lowest BCUT2D eigenvalue weighted by Gasteiger charge is -2.32. The van der Waals surface area contributed by atoms with Crippen molar-refractivity contribution in [2.75, 3.05) is 5.32 Å². The fourth-order valence-corrected chi connectivity index (χ4v) is 2.61. The highest BCUT2D eigenvalue weighted by atomic mass is 16.2. The van der Waals surface area contributed by atoms with Crippen LogP contribution in [0.2, 0.25) is 0 Å². The van der Waals surface area contributed by atoms with E-state index in [4.69, 9.17) is 5.73 Å². The minimum Gasteiger partial charge on any atom is -0.324 e. The SMILES string of the molecule is Cc1ccc(NC(=O)C2(N)CCCCC2)c(C)c1. The van der Waals surface area contributed by atoms with Gasteiger partial charge in [0.25, 0.3) is 0 Å². The van der Waals surface area contributed by atoms with Gasteiger partial charge in [0.2, 0.25) is 5.91 Å². The Kier molecular flexibility index (Phi) is 3.71. The molecule has 3 N–H and O–H groups in total. The van der Waals surface area contributed by atoms with Crippen molar-refractivity contribution in [3.05, 3.63) is 29.3 Å². The van der Waals surface area contributed by atoms with Crippen molar-refractivity contribution >= 4 is 11.6 Å². The number of carbonyl (C=O) groups excluding carboxylic acids is 1. The van der Waals surface area contributed by atoms with Crippen LogP contribution < -0.4 is 11.1 Å². The molecule has 18 heavy (non-hydrogen) atoms. The van der Waals surface area contributed by atoms with Gasteiger partial charge in [-0.3, -0.25) is 4.79 Å². The van der Waals surface area contributed by atoms with Crippen molar-refractivity contribution in [3.8, 4) is 0 Å². The van der Waals surface area contributed by atoms with Crippen molar-refractivity contribution < 1.29 is 4.79 Å². The van der Waals surface area contributed by atoms with Crippen LogP contribution in [0.3, 0.4) is 0 Å². The summed E-state index contributed by atoms with van der Waals surface area (Å²) < 4.78 is 0. The Morgan fingerprint density at radius 1 is 1.22 bits per heavy atom. The summed E-state index contributed by atoms with van der Waals surface area (Å²) in [4.78, 5) is 12.3.